The van der Waals surface area contributed by atoms with E-state index in [-0.39, 0.29) is 11.8 Å². The molecule has 2 aromatic heterocycles. The molecule has 1 aromatic carbocycles. The zero-order chi connectivity index (χ0) is 19.7. The lowest BCUT2D eigenvalue weighted by molar-refractivity contribution is -0.138. The van der Waals surface area contributed by atoms with Crippen molar-refractivity contribution in [2.75, 3.05) is 33.3 Å². The first-order valence-corrected chi connectivity index (χ1v) is 10.1. The highest BCUT2D eigenvalue weighted by Crippen LogP contribution is 2.26. The topological polar surface area (TPSA) is 67.2 Å². The molecule has 0 atom stereocenters. The molecule has 0 unspecified atom stereocenters. The summed E-state index contributed by atoms with van der Waals surface area (Å²) in [7, 11) is 1.64. The third-order valence-electron chi connectivity index (χ3n) is 5.06. The van der Waals surface area contributed by atoms with Gasteiger partial charge in [0.2, 0.25) is 11.8 Å². The number of aromatic nitrogens is 2. The van der Waals surface area contributed by atoms with E-state index in [0.29, 0.717) is 32.6 Å². The standard InChI is InChI=1S/C20H22N4O3S/c1-14(25)22-6-8-23(9-7-22)19(26)11-16-13-28-20-21-18(12-24(16)20)15-4-3-5-17(10-15)27-2/h3-5,10,12-13H,6-9,11H2,1-2H3. The number of ether oxygens (including phenoxy) is 1. The number of methoxy groups -OCH3 is 1. The van der Waals surface area contributed by atoms with Crippen molar-refractivity contribution in [3.63, 3.8) is 0 Å². The molecule has 0 spiro atoms. The van der Waals surface area contributed by atoms with Gasteiger partial charge in [-0.1, -0.05) is 12.1 Å². The van der Waals surface area contributed by atoms with Crippen LogP contribution in [0.3, 0.4) is 0 Å². The largest absolute Gasteiger partial charge is 0.497 e. The van der Waals surface area contributed by atoms with Crippen molar-refractivity contribution in [3.8, 4) is 17.0 Å². The van der Waals surface area contributed by atoms with Gasteiger partial charge in [0, 0.05) is 55.9 Å². The van der Waals surface area contributed by atoms with Crippen LogP contribution in [0.4, 0.5) is 0 Å². The molecule has 28 heavy (non-hydrogen) atoms. The van der Waals surface area contributed by atoms with Crippen molar-refractivity contribution in [2.45, 2.75) is 13.3 Å². The zero-order valence-corrected chi connectivity index (χ0v) is 16.7. The minimum absolute atomic E-state index is 0.0649. The number of hydrogen-bond acceptors (Lipinski definition) is 5. The number of imidazole rings is 1. The van der Waals surface area contributed by atoms with E-state index in [0.717, 1.165) is 27.7 Å². The highest BCUT2D eigenvalue weighted by molar-refractivity contribution is 7.15. The predicted octanol–water partition coefficient (Wildman–Crippen LogP) is 2.30. The highest BCUT2D eigenvalue weighted by Gasteiger charge is 2.23. The lowest BCUT2D eigenvalue weighted by atomic mass is 10.1. The van der Waals surface area contributed by atoms with E-state index in [4.69, 9.17) is 4.74 Å². The maximum absolute atomic E-state index is 12.7. The van der Waals surface area contributed by atoms with Gasteiger partial charge in [0.25, 0.3) is 0 Å². The van der Waals surface area contributed by atoms with Crippen LogP contribution in [0.15, 0.2) is 35.8 Å². The Bertz CT molecular complexity index is 1020. The Morgan fingerprint density at radius 2 is 1.93 bits per heavy atom. The number of carbonyl (C=O) groups excluding carboxylic acids is 2. The molecule has 7 nitrogen and oxygen atoms in total. The molecule has 8 heteroatoms. The number of piperazine rings is 1. The van der Waals surface area contributed by atoms with Gasteiger partial charge in [-0.15, -0.1) is 11.3 Å². The van der Waals surface area contributed by atoms with Crippen molar-refractivity contribution < 1.29 is 14.3 Å². The third-order valence-corrected chi connectivity index (χ3v) is 5.95. The van der Waals surface area contributed by atoms with Crippen LogP contribution in [0.25, 0.3) is 16.2 Å². The SMILES string of the molecule is COc1cccc(-c2cn3c(CC(=O)N4CCN(C(C)=O)CC4)csc3n2)c1. The van der Waals surface area contributed by atoms with Gasteiger partial charge in [-0.3, -0.25) is 14.0 Å². The monoisotopic (exact) mass is 398 g/mol. The fourth-order valence-corrected chi connectivity index (χ4v) is 4.29. The number of rotatable bonds is 4. The molecule has 3 aromatic rings. The van der Waals surface area contributed by atoms with Crippen LogP contribution < -0.4 is 4.74 Å². The Hall–Kier alpha value is -2.87. The van der Waals surface area contributed by atoms with Crippen LogP contribution in [0.1, 0.15) is 12.6 Å². The summed E-state index contributed by atoms with van der Waals surface area (Å²) in [5, 5.41) is 1.99. The van der Waals surface area contributed by atoms with Gasteiger partial charge in [-0.05, 0) is 12.1 Å². The number of benzene rings is 1. The second-order valence-corrected chi connectivity index (χ2v) is 7.64. The molecule has 1 saturated heterocycles. The molecule has 146 valence electrons. The number of thiazole rings is 1. The van der Waals surface area contributed by atoms with Crippen LogP contribution in [0.2, 0.25) is 0 Å². The van der Waals surface area contributed by atoms with Crippen molar-refractivity contribution >= 4 is 28.1 Å². The van der Waals surface area contributed by atoms with Crippen LogP contribution in [0, 0.1) is 0 Å². The molecule has 1 aliphatic rings. The highest BCUT2D eigenvalue weighted by atomic mass is 32.1. The second kappa shape index (κ2) is 7.63. The summed E-state index contributed by atoms with van der Waals surface area (Å²) < 4.78 is 7.28. The number of hydrogen-bond donors (Lipinski definition) is 0. The summed E-state index contributed by atoms with van der Waals surface area (Å²) in [4.78, 5) is 33.3. The summed E-state index contributed by atoms with van der Waals surface area (Å²) in [6, 6.07) is 7.78. The summed E-state index contributed by atoms with van der Waals surface area (Å²) in [5.74, 6) is 0.934. The summed E-state index contributed by atoms with van der Waals surface area (Å²) in [5.41, 5.74) is 2.77. The first-order chi connectivity index (χ1) is 13.5. The maximum Gasteiger partial charge on any atom is 0.228 e. The fourth-order valence-electron chi connectivity index (χ4n) is 3.42. The van der Waals surface area contributed by atoms with Crippen molar-refractivity contribution in [1.82, 2.24) is 19.2 Å². The number of carbonyl (C=O) groups is 2. The lowest BCUT2D eigenvalue weighted by Crippen LogP contribution is -2.50. The van der Waals surface area contributed by atoms with Gasteiger partial charge in [0.1, 0.15) is 5.75 Å². The molecule has 1 fully saturated rings. The van der Waals surface area contributed by atoms with E-state index in [2.05, 4.69) is 4.98 Å². The Balaban J connectivity index is 1.49. The molecule has 0 radical (unpaired) electrons. The van der Waals surface area contributed by atoms with E-state index in [9.17, 15) is 9.59 Å². The van der Waals surface area contributed by atoms with E-state index in [1.165, 1.54) is 11.3 Å². The second-order valence-electron chi connectivity index (χ2n) is 6.80. The average Bonchev–Trinajstić information content (AvgIpc) is 3.30. The third kappa shape index (κ3) is 3.60. The lowest BCUT2D eigenvalue weighted by Gasteiger charge is -2.34. The van der Waals surface area contributed by atoms with Crippen molar-refractivity contribution in [1.29, 1.82) is 0 Å². The molecule has 2 amide bonds. The minimum atomic E-state index is 0.0649. The minimum Gasteiger partial charge on any atom is -0.497 e. The van der Waals surface area contributed by atoms with E-state index in [1.807, 2.05) is 45.1 Å². The average molecular weight is 398 g/mol. The molecular formula is C20H22N4O3S. The van der Waals surface area contributed by atoms with Gasteiger partial charge in [0.15, 0.2) is 4.96 Å². The van der Waals surface area contributed by atoms with Gasteiger partial charge >= 0.3 is 0 Å². The first kappa shape index (κ1) is 18.5. The summed E-state index contributed by atoms with van der Waals surface area (Å²) in [6.07, 6.45) is 2.30. The molecule has 1 aliphatic heterocycles. The summed E-state index contributed by atoms with van der Waals surface area (Å²) in [6.45, 7) is 3.95. The van der Waals surface area contributed by atoms with Crippen LogP contribution in [-0.2, 0) is 16.0 Å². The Labute approximate surface area is 167 Å². The van der Waals surface area contributed by atoms with Crippen molar-refractivity contribution in [2.24, 2.45) is 0 Å². The zero-order valence-electron chi connectivity index (χ0n) is 15.9. The number of amides is 2. The normalized spacial score (nSPS) is 14.5. The summed E-state index contributed by atoms with van der Waals surface area (Å²) >= 11 is 1.53. The molecular weight excluding hydrogens is 376 g/mol. The van der Waals surface area contributed by atoms with Crippen LogP contribution >= 0.6 is 11.3 Å². The van der Waals surface area contributed by atoms with Crippen LogP contribution in [-0.4, -0.2) is 64.3 Å². The molecule has 0 aliphatic carbocycles. The Morgan fingerprint density at radius 1 is 1.18 bits per heavy atom. The van der Waals surface area contributed by atoms with Crippen LogP contribution in [0.5, 0.6) is 5.75 Å². The van der Waals surface area contributed by atoms with Gasteiger partial charge in [-0.25, -0.2) is 4.98 Å². The van der Waals surface area contributed by atoms with E-state index in [1.54, 1.807) is 18.9 Å². The Kier molecular flexibility index (Phi) is 5.04. The number of fused-ring (bicyclic) bond motifs is 1. The quantitative estimate of drug-likeness (QED) is 0.676. The van der Waals surface area contributed by atoms with E-state index >= 15 is 0 Å². The fraction of sp³-hybridized carbons (Fsp3) is 0.350. The van der Waals surface area contributed by atoms with Gasteiger partial charge < -0.3 is 14.5 Å². The molecule has 0 bridgehead atoms. The number of nitrogens with zero attached hydrogens (tertiary/aromatic N) is 4. The molecule has 0 saturated carbocycles. The van der Waals surface area contributed by atoms with E-state index < -0.39 is 0 Å². The smallest absolute Gasteiger partial charge is 0.228 e. The van der Waals surface area contributed by atoms with Gasteiger partial charge in [-0.2, -0.15) is 0 Å². The molecule has 3 heterocycles. The molecule has 4 rings (SSSR count). The maximum atomic E-state index is 12.7. The first-order valence-electron chi connectivity index (χ1n) is 9.18. The molecule has 0 N–H and O–H groups in total. The Morgan fingerprint density at radius 3 is 2.64 bits per heavy atom. The van der Waals surface area contributed by atoms with Gasteiger partial charge in [0.05, 0.1) is 19.2 Å². The predicted molar refractivity (Wildman–Crippen MR) is 108 cm³/mol. The van der Waals surface area contributed by atoms with Crippen molar-refractivity contribution in [3.05, 3.63) is 41.5 Å².